The molecule has 4 heteroatoms. The van der Waals surface area contributed by atoms with Gasteiger partial charge in [-0.1, -0.05) is 13.1 Å². The van der Waals surface area contributed by atoms with Crippen molar-refractivity contribution in [1.82, 2.24) is 14.2 Å². The van der Waals surface area contributed by atoms with Crippen LogP contribution in [-0.4, -0.2) is 23.2 Å². The van der Waals surface area contributed by atoms with Gasteiger partial charge in [-0.05, 0) is 19.2 Å². The van der Waals surface area contributed by atoms with Crippen LogP contribution in [-0.2, 0) is 0 Å². The van der Waals surface area contributed by atoms with Crippen LogP contribution >= 0.6 is 0 Å². The third kappa shape index (κ3) is 1.27. The average Bonchev–Trinajstić information content (AvgIpc) is 2.48. The summed E-state index contributed by atoms with van der Waals surface area (Å²) in [5.74, 6) is 0. The molecule has 3 nitrogen and oxygen atoms in total. The number of hydrogen-bond acceptors (Lipinski definition) is 2. The number of rotatable bonds is 1. The maximum Gasteiger partial charge on any atom is 0.170 e. The van der Waals surface area contributed by atoms with E-state index in [2.05, 4.69) is 39.6 Å². The Bertz CT molecular complexity index is 433. The minimum absolute atomic E-state index is 0.484. The molecule has 2 aromatic heterocycles. The summed E-state index contributed by atoms with van der Waals surface area (Å²) in [5.41, 5.74) is 2.14. The van der Waals surface area contributed by atoms with E-state index >= 15 is 0 Å². The number of aryl methyl sites for hydroxylation is 1. The van der Waals surface area contributed by atoms with Crippen LogP contribution in [0.25, 0.3) is 11.0 Å². The minimum Gasteiger partial charge on any atom is -0.360 e. The molecule has 1 radical (unpaired) electrons. The van der Waals surface area contributed by atoms with Crippen LogP contribution in [0.4, 0.5) is 0 Å². The van der Waals surface area contributed by atoms with E-state index in [4.69, 9.17) is 0 Å². The quantitative estimate of drug-likeness (QED) is 0.642. The molecular formula is C9H12N3Si. The highest BCUT2D eigenvalue weighted by atomic mass is 28.3. The molecule has 67 valence electrons. The van der Waals surface area contributed by atoms with Crippen molar-refractivity contribution in [2.45, 2.75) is 20.0 Å². The second kappa shape index (κ2) is 2.96. The van der Waals surface area contributed by atoms with Gasteiger partial charge in [0.15, 0.2) is 8.96 Å². The van der Waals surface area contributed by atoms with Gasteiger partial charge in [-0.25, -0.2) is 9.97 Å². The number of aromatic nitrogens is 3. The molecule has 0 spiro atoms. The van der Waals surface area contributed by atoms with Gasteiger partial charge < -0.3 is 4.23 Å². The molecule has 0 saturated heterocycles. The van der Waals surface area contributed by atoms with E-state index in [1.54, 1.807) is 6.33 Å². The van der Waals surface area contributed by atoms with Crippen molar-refractivity contribution >= 4 is 20.0 Å². The molecule has 0 amide bonds. The Morgan fingerprint density at radius 3 is 2.77 bits per heavy atom. The summed E-state index contributed by atoms with van der Waals surface area (Å²) in [5, 5.41) is 1.17. The van der Waals surface area contributed by atoms with Gasteiger partial charge in [0.2, 0.25) is 0 Å². The summed E-state index contributed by atoms with van der Waals surface area (Å²) in [4.78, 5) is 8.47. The fourth-order valence-corrected chi connectivity index (χ4v) is 2.41. The van der Waals surface area contributed by atoms with Crippen LogP contribution in [0.15, 0.2) is 18.6 Å². The number of nitrogens with zero attached hydrogens (tertiary/aromatic N) is 3. The van der Waals surface area contributed by atoms with E-state index in [1.165, 1.54) is 5.39 Å². The van der Waals surface area contributed by atoms with Crippen molar-refractivity contribution in [3.8, 4) is 0 Å². The van der Waals surface area contributed by atoms with Gasteiger partial charge in [-0.3, -0.25) is 0 Å². The first kappa shape index (κ1) is 8.44. The van der Waals surface area contributed by atoms with Crippen molar-refractivity contribution < 1.29 is 0 Å². The largest absolute Gasteiger partial charge is 0.360 e. The van der Waals surface area contributed by atoms with Crippen LogP contribution in [0.1, 0.15) is 5.69 Å². The molecule has 0 fully saturated rings. The average molecular weight is 190 g/mol. The van der Waals surface area contributed by atoms with Gasteiger partial charge in [-0.2, -0.15) is 0 Å². The zero-order chi connectivity index (χ0) is 9.42. The van der Waals surface area contributed by atoms with E-state index in [0.29, 0.717) is 0 Å². The molecular weight excluding hydrogens is 178 g/mol. The Balaban J connectivity index is 2.75. The molecule has 13 heavy (non-hydrogen) atoms. The summed E-state index contributed by atoms with van der Waals surface area (Å²) in [6, 6.07) is 2.10. The second-order valence-corrected chi connectivity index (χ2v) is 5.71. The van der Waals surface area contributed by atoms with Gasteiger partial charge in [0.1, 0.15) is 12.0 Å². The lowest BCUT2D eigenvalue weighted by Gasteiger charge is -2.05. The fourth-order valence-electron chi connectivity index (χ4n) is 1.44. The summed E-state index contributed by atoms with van der Waals surface area (Å²) in [7, 11) is -0.484. The van der Waals surface area contributed by atoms with Crippen molar-refractivity contribution in [3.05, 3.63) is 24.3 Å². The molecule has 2 aromatic rings. The highest BCUT2D eigenvalue weighted by Crippen LogP contribution is 2.15. The maximum atomic E-state index is 4.30. The van der Waals surface area contributed by atoms with Crippen LogP contribution < -0.4 is 0 Å². The first-order valence-electron chi connectivity index (χ1n) is 4.29. The van der Waals surface area contributed by atoms with Crippen molar-refractivity contribution in [3.63, 3.8) is 0 Å². The molecule has 2 heterocycles. The fraction of sp³-hybridized carbons (Fsp3) is 0.333. The molecule has 0 aliphatic carbocycles. The lowest BCUT2D eigenvalue weighted by atomic mass is 10.3. The molecule has 0 aliphatic heterocycles. The van der Waals surface area contributed by atoms with Gasteiger partial charge in [0, 0.05) is 5.39 Å². The summed E-state index contributed by atoms with van der Waals surface area (Å²) in [6.45, 7) is 6.52. The third-order valence-electron chi connectivity index (χ3n) is 2.16. The van der Waals surface area contributed by atoms with E-state index < -0.39 is 8.96 Å². The summed E-state index contributed by atoms with van der Waals surface area (Å²) in [6.07, 6.45) is 3.75. The molecule has 0 bridgehead atoms. The predicted molar refractivity (Wildman–Crippen MR) is 55.1 cm³/mol. The monoisotopic (exact) mass is 190 g/mol. The molecule has 0 N–H and O–H groups in total. The highest BCUT2D eigenvalue weighted by Gasteiger charge is 2.07. The SMILES string of the molecule is Cc1ncnc2c1ccn2[Si](C)C. The van der Waals surface area contributed by atoms with Crippen molar-refractivity contribution in [2.24, 2.45) is 0 Å². The van der Waals surface area contributed by atoms with Crippen LogP contribution in [0.2, 0.25) is 13.1 Å². The van der Waals surface area contributed by atoms with Gasteiger partial charge in [0.05, 0.1) is 5.69 Å². The Hall–Kier alpha value is -1.16. The van der Waals surface area contributed by atoms with Crippen molar-refractivity contribution in [2.75, 3.05) is 0 Å². The lowest BCUT2D eigenvalue weighted by molar-refractivity contribution is 1.11. The summed E-state index contributed by atoms with van der Waals surface area (Å²) < 4.78 is 2.26. The normalized spacial score (nSPS) is 11.4. The standard InChI is InChI=1S/C9H12N3Si/c1-7-8-4-5-12(13(2)3)9(8)11-6-10-7/h4-6H,1-3H3. The van der Waals surface area contributed by atoms with Crippen LogP contribution in [0, 0.1) is 6.92 Å². The maximum absolute atomic E-state index is 4.30. The van der Waals surface area contributed by atoms with Gasteiger partial charge >= 0.3 is 0 Å². The topological polar surface area (TPSA) is 30.7 Å². The van der Waals surface area contributed by atoms with E-state index in [-0.39, 0.29) is 0 Å². The molecule has 2 rings (SSSR count). The molecule has 0 aromatic carbocycles. The zero-order valence-electron chi connectivity index (χ0n) is 8.07. The van der Waals surface area contributed by atoms with E-state index in [1.807, 2.05) is 6.92 Å². The van der Waals surface area contributed by atoms with E-state index in [9.17, 15) is 0 Å². The molecule has 0 aliphatic rings. The first-order chi connectivity index (χ1) is 6.20. The molecule has 0 atom stereocenters. The Morgan fingerprint density at radius 1 is 1.31 bits per heavy atom. The lowest BCUT2D eigenvalue weighted by Crippen LogP contribution is -2.14. The predicted octanol–water partition coefficient (Wildman–Crippen LogP) is 1.84. The van der Waals surface area contributed by atoms with Crippen LogP contribution in [0.5, 0.6) is 0 Å². The minimum atomic E-state index is -0.484. The second-order valence-electron chi connectivity index (χ2n) is 3.33. The van der Waals surface area contributed by atoms with Gasteiger partial charge in [0.25, 0.3) is 0 Å². The summed E-state index contributed by atoms with van der Waals surface area (Å²) >= 11 is 0. The molecule has 0 saturated carbocycles. The zero-order valence-corrected chi connectivity index (χ0v) is 9.07. The Labute approximate surface area is 79.1 Å². The smallest absolute Gasteiger partial charge is 0.170 e. The Kier molecular flexibility index (Phi) is 1.92. The number of fused-ring (bicyclic) bond motifs is 1. The highest BCUT2D eigenvalue weighted by molar-refractivity contribution is 6.55. The van der Waals surface area contributed by atoms with E-state index in [0.717, 1.165) is 11.3 Å². The number of hydrogen-bond donors (Lipinski definition) is 0. The first-order valence-corrected chi connectivity index (χ1v) is 6.74. The Morgan fingerprint density at radius 2 is 2.08 bits per heavy atom. The van der Waals surface area contributed by atoms with Crippen LogP contribution in [0.3, 0.4) is 0 Å². The van der Waals surface area contributed by atoms with Gasteiger partial charge in [-0.15, -0.1) is 0 Å². The van der Waals surface area contributed by atoms with Crippen molar-refractivity contribution in [1.29, 1.82) is 0 Å². The third-order valence-corrected chi connectivity index (χ3v) is 3.49. The molecule has 0 unspecified atom stereocenters.